The molecule has 0 aliphatic carbocycles. The van der Waals surface area contributed by atoms with E-state index in [0.29, 0.717) is 5.52 Å². The van der Waals surface area contributed by atoms with Gasteiger partial charge < -0.3 is 14.3 Å². The maximum atomic E-state index is 13.6. The van der Waals surface area contributed by atoms with Crippen molar-refractivity contribution in [3.63, 3.8) is 0 Å². The molecule has 2 heterocycles. The van der Waals surface area contributed by atoms with Gasteiger partial charge in [0.25, 0.3) is 0 Å². The Balaban J connectivity index is 2.10. The molecule has 1 saturated heterocycles. The van der Waals surface area contributed by atoms with E-state index >= 15 is 0 Å². The number of aromatic nitrogens is 1. The average Bonchev–Trinajstić information content (AvgIpc) is 2.88. The molecule has 0 radical (unpaired) electrons. The predicted molar refractivity (Wildman–Crippen MR) is 78.7 cm³/mol. The summed E-state index contributed by atoms with van der Waals surface area (Å²) in [6.07, 6.45) is 1.72. The largest absolute Gasteiger partial charge is 0.497 e. The Bertz CT molecular complexity index is 745. The van der Waals surface area contributed by atoms with E-state index in [-0.39, 0.29) is 5.56 Å². The Morgan fingerprint density at radius 1 is 1.19 bits per heavy atom. The van der Waals surface area contributed by atoms with E-state index in [0.717, 1.165) is 10.8 Å². The standard InChI is InChI=1S/C15H16BFN2O2/c1-14(2)15(3,4)21-16(20-14)11-8-19-13-9(11)5-6-12(17)10(13)7-18/h5-6,8,19H,1-4H3. The second-order valence-corrected chi connectivity index (χ2v) is 6.29. The predicted octanol–water partition coefficient (Wildman–Crippen LogP) is 2.48. The van der Waals surface area contributed by atoms with Gasteiger partial charge in [0.2, 0.25) is 0 Å². The SMILES string of the molecule is CC1(C)OB(c2c[nH]c3c(C#N)c(F)ccc23)OC1(C)C. The average molecular weight is 286 g/mol. The number of aromatic amines is 1. The van der Waals surface area contributed by atoms with E-state index in [1.54, 1.807) is 12.3 Å². The number of halogens is 1. The smallest absolute Gasteiger partial charge is 0.399 e. The monoisotopic (exact) mass is 286 g/mol. The normalized spacial score (nSPS) is 19.9. The third kappa shape index (κ3) is 1.96. The molecule has 0 unspecified atom stereocenters. The van der Waals surface area contributed by atoms with Gasteiger partial charge >= 0.3 is 7.12 Å². The molecule has 3 rings (SSSR count). The molecule has 1 aliphatic rings. The molecular formula is C15H16BFN2O2. The van der Waals surface area contributed by atoms with Crippen molar-refractivity contribution in [2.45, 2.75) is 38.9 Å². The minimum atomic E-state index is -0.541. The van der Waals surface area contributed by atoms with Crippen molar-refractivity contribution in [1.82, 2.24) is 4.98 Å². The molecule has 0 amide bonds. The molecule has 0 atom stereocenters. The molecule has 0 bridgehead atoms. The fourth-order valence-electron chi connectivity index (χ4n) is 2.47. The quantitative estimate of drug-likeness (QED) is 0.819. The van der Waals surface area contributed by atoms with Crippen molar-refractivity contribution >= 4 is 23.5 Å². The molecule has 4 nitrogen and oxygen atoms in total. The van der Waals surface area contributed by atoms with Gasteiger partial charge in [0.15, 0.2) is 0 Å². The van der Waals surface area contributed by atoms with E-state index < -0.39 is 24.1 Å². The molecule has 0 spiro atoms. The molecule has 6 heteroatoms. The third-order valence-corrected chi connectivity index (χ3v) is 4.46. The molecule has 0 saturated carbocycles. The summed E-state index contributed by atoms with van der Waals surface area (Å²) in [6.45, 7) is 7.90. The molecule has 2 aromatic rings. The van der Waals surface area contributed by atoms with Crippen LogP contribution in [-0.4, -0.2) is 23.3 Å². The number of nitriles is 1. The van der Waals surface area contributed by atoms with Crippen LogP contribution in [0.3, 0.4) is 0 Å². The topological polar surface area (TPSA) is 58.0 Å². The van der Waals surface area contributed by atoms with Crippen molar-refractivity contribution in [2.75, 3.05) is 0 Å². The summed E-state index contributed by atoms with van der Waals surface area (Å²) in [7, 11) is -0.541. The first-order chi connectivity index (χ1) is 9.77. The summed E-state index contributed by atoms with van der Waals surface area (Å²) in [6, 6.07) is 4.82. The first kappa shape index (κ1) is 14.1. The van der Waals surface area contributed by atoms with E-state index in [1.807, 2.05) is 33.8 Å². The van der Waals surface area contributed by atoms with Gasteiger partial charge in [-0.2, -0.15) is 5.26 Å². The maximum absolute atomic E-state index is 13.6. The number of fused-ring (bicyclic) bond motifs is 1. The highest BCUT2D eigenvalue weighted by Gasteiger charge is 2.52. The zero-order valence-electron chi connectivity index (χ0n) is 12.5. The van der Waals surface area contributed by atoms with Crippen molar-refractivity contribution in [1.29, 1.82) is 5.26 Å². The molecule has 108 valence electrons. The Morgan fingerprint density at radius 3 is 2.38 bits per heavy atom. The lowest BCUT2D eigenvalue weighted by Gasteiger charge is -2.32. The number of hydrogen-bond donors (Lipinski definition) is 1. The Kier molecular flexibility index (Phi) is 2.91. The molecule has 1 aliphatic heterocycles. The lowest BCUT2D eigenvalue weighted by Crippen LogP contribution is -2.41. The first-order valence-corrected chi connectivity index (χ1v) is 6.82. The zero-order valence-corrected chi connectivity index (χ0v) is 12.5. The Morgan fingerprint density at radius 2 is 1.81 bits per heavy atom. The summed E-state index contributed by atoms with van der Waals surface area (Å²) in [5.41, 5.74) is 0.372. The van der Waals surface area contributed by atoms with Gasteiger partial charge in [0, 0.05) is 17.0 Å². The van der Waals surface area contributed by atoms with E-state index in [2.05, 4.69) is 4.98 Å². The molecule has 1 N–H and O–H groups in total. The van der Waals surface area contributed by atoms with Crippen molar-refractivity contribution in [3.05, 3.63) is 29.7 Å². The van der Waals surface area contributed by atoms with Crippen LogP contribution in [0.25, 0.3) is 10.9 Å². The number of H-pyrrole nitrogens is 1. The van der Waals surface area contributed by atoms with Gasteiger partial charge in [-0.05, 0) is 33.8 Å². The van der Waals surface area contributed by atoms with Crippen molar-refractivity contribution < 1.29 is 13.7 Å². The van der Waals surface area contributed by atoms with E-state index in [1.165, 1.54) is 6.07 Å². The highest BCUT2D eigenvalue weighted by Crippen LogP contribution is 2.37. The summed E-state index contributed by atoms with van der Waals surface area (Å²) >= 11 is 0. The van der Waals surface area contributed by atoms with E-state index in [4.69, 9.17) is 14.6 Å². The minimum absolute atomic E-state index is 0.00951. The van der Waals surface area contributed by atoms with Crippen LogP contribution >= 0.6 is 0 Å². The van der Waals surface area contributed by atoms with Gasteiger partial charge in [-0.3, -0.25) is 0 Å². The third-order valence-electron chi connectivity index (χ3n) is 4.46. The molecule has 21 heavy (non-hydrogen) atoms. The van der Waals surface area contributed by atoms with Gasteiger partial charge in [-0.1, -0.05) is 6.07 Å². The number of nitrogens with one attached hydrogen (secondary N) is 1. The molecular weight excluding hydrogens is 270 g/mol. The first-order valence-electron chi connectivity index (χ1n) is 6.82. The van der Waals surface area contributed by atoms with Crippen LogP contribution in [0.15, 0.2) is 18.3 Å². The number of rotatable bonds is 1. The lowest BCUT2D eigenvalue weighted by molar-refractivity contribution is 0.00578. The second kappa shape index (κ2) is 4.33. The van der Waals surface area contributed by atoms with E-state index in [9.17, 15) is 4.39 Å². The molecule has 1 aromatic carbocycles. The van der Waals surface area contributed by atoms with Gasteiger partial charge in [-0.25, -0.2) is 4.39 Å². The fourth-order valence-corrected chi connectivity index (χ4v) is 2.47. The van der Waals surface area contributed by atoms with Crippen LogP contribution in [0, 0.1) is 17.1 Å². The summed E-state index contributed by atoms with van der Waals surface area (Å²) in [5, 5.41) is 9.83. The van der Waals surface area contributed by atoms with Crippen LogP contribution in [0.1, 0.15) is 33.3 Å². The summed E-state index contributed by atoms with van der Waals surface area (Å²) in [4.78, 5) is 2.96. The lowest BCUT2D eigenvalue weighted by atomic mass is 9.79. The second-order valence-electron chi connectivity index (χ2n) is 6.29. The molecule has 1 aromatic heterocycles. The van der Waals surface area contributed by atoms with Crippen LogP contribution in [0.4, 0.5) is 4.39 Å². The Labute approximate surface area is 123 Å². The number of nitrogens with zero attached hydrogens (tertiary/aromatic N) is 1. The summed E-state index contributed by atoms with van der Waals surface area (Å²) < 4.78 is 25.7. The fraction of sp³-hybridized carbons (Fsp3) is 0.400. The van der Waals surface area contributed by atoms with Crippen LogP contribution in [0.5, 0.6) is 0 Å². The van der Waals surface area contributed by atoms with Crippen LogP contribution in [0.2, 0.25) is 0 Å². The highest BCUT2D eigenvalue weighted by atomic mass is 19.1. The summed E-state index contributed by atoms with van der Waals surface area (Å²) in [5.74, 6) is -0.535. The minimum Gasteiger partial charge on any atom is -0.399 e. The van der Waals surface area contributed by atoms with Gasteiger partial charge in [0.1, 0.15) is 17.4 Å². The van der Waals surface area contributed by atoms with Crippen molar-refractivity contribution in [3.8, 4) is 6.07 Å². The molecule has 1 fully saturated rings. The number of benzene rings is 1. The maximum Gasteiger partial charge on any atom is 0.497 e. The van der Waals surface area contributed by atoms with Crippen LogP contribution in [-0.2, 0) is 9.31 Å². The van der Waals surface area contributed by atoms with Crippen molar-refractivity contribution in [2.24, 2.45) is 0 Å². The Hall–Kier alpha value is -1.84. The zero-order chi connectivity index (χ0) is 15.4. The van der Waals surface area contributed by atoms with Gasteiger partial charge in [-0.15, -0.1) is 0 Å². The van der Waals surface area contributed by atoms with Crippen LogP contribution < -0.4 is 5.46 Å². The van der Waals surface area contributed by atoms with Gasteiger partial charge in [0.05, 0.1) is 16.7 Å². The number of hydrogen-bond acceptors (Lipinski definition) is 3. The highest BCUT2D eigenvalue weighted by molar-refractivity contribution is 6.65.